The largest absolute Gasteiger partial charge is 0.332 e. The molecule has 1 atom stereocenters. The molecule has 0 saturated heterocycles. The maximum absolute atomic E-state index is 13.2. The number of aliphatic imine (C=N–C) groups is 1. The molecule has 6 heteroatoms. The maximum atomic E-state index is 13.2. The van der Waals surface area contributed by atoms with E-state index in [1.54, 1.807) is 12.1 Å². The number of urea groups is 1. The Morgan fingerprint density at radius 2 is 1.88 bits per heavy atom. The highest BCUT2D eigenvalue weighted by atomic mass is 32.2. The first-order chi connectivity index (χ1) is 11.5. The van der Waals surface area contributed by atoms with Crippen molar-refractivity contribution < 1.29 is 9.18 Å². The lowest BCUT2D eigenvalue weighted by molar-refractivity contribution is 0.259. The number of carbonyl (C=O) groups excluding carboxylic acids is 1. The van der Waals surface area contributed by atoms with E-state index in [1.165, 1.54) is 28.8 Å². The molecule has 2 aromatic carbocycles. The van der Waals surface area contributed by atoms with Gasteiger partial charge in [0.15, 0.2) is 5.17 Å². The number of amidine groups is 1. The van der Waals surface area contributed by atoms with Crippen LogP contribution >= 0.6 is 11.8 Å². The average Bonchev–Trinajstić information content (AvgIpc) is 2.98. The summed E-state index contributed by atoms with van der Waals surface area (Å²) in [5, 5.41) is 3.81. The Bertz CT molecular complexity index is 759. The fourth-order valence-corrected chi connectivity index (χ4v) is 3.26. The summed E-state index contributed by atoms with van der Waals surface area (Å²) in [4.78, 5) is 18.7. The fourth-order valence-electron chi connectivity index (χ4n) is 2.31. The van der Waals surface area contributed by atoms with Crippen LogP contribution in [-0.4, -0.2) is 23.0 Å². The van der Waals surface area contributed by atoms with Crippen LogP contribution in [0.3, 0.4) is 0 Å². The summed E-state index contributed by atoms with van der Waals surface area (Å²) in [6.07, 6.45) is 0. The van der Waals surface area contributed by atoms with E-state index in [9.17, 15) is 9.18 Å². The number of hydrogen-bond acceptors (Lipinski definition) is 3. The van der Waals surface area contributed by atoms with Gasteiger partial charge in [0.05, 0.1) is 12.2 Å². The average molecular weight is 343 g/mol. The van der Waals surface area contributed by atoms with Crippen LogP contribution < -0.4 is 10.2 Å². The Hall–Kier alpha value is -2.34. The van der Waals surface area contributed by atoms with E-state index in [-0.39, 0.29) is 11.8 Å². The molecule has 2 amide bonds. The summed E-state index contributed by atoms with van der Waals surface area (Å²) in [6, 6.07) is 13.1. The van der Waals surface area contributed by atoms with Crippen LogP contribution in [0.15, 0.2) is 53.5 Å². The SMILES string of the molecule is Cc1ccc(NC(=O)N(C2=NCC(C)S2)c2ccc(F)cc2)cc1. The molecule has 2 aromatic rings. The normalized spacial score (nSPS) is 16.6. The molecule has 0 radical (unpaired) electrons. The Balaban J connectivity index is 1.87. The number of halogens is 1. The summed E-state index contributed by atoms with van der Waals surface area (Å²) < 4.78 is 13.2. The molecule has 1 aliphatic heterocycles. The lowest BCUT2D eigenvalue weighted by Crippen LogP contribution is -2.38. The van der Waals surface area contributed by atoms with E-state index < -0.39 is 0 Å². The lowest BCUT2D eigenvalue weighted by atomic mass is 10.2. The number of anilines is 2. The van der Waals surface area contributed by atoms with Crippen LogP contribution in [0.5, 0.6) is 0 Å². The predicted molar refractivity (Wildman–Crippen MR) is 98.4 cm³/mol. The third kappa shape index (κ3) is 3.76. The van der Waals surface area contributed by atoms with E-state index in [1.807, 2.05) is 31.2 Å². The number of carbonyl (C=O) groups is 1. The molecule has 4 nitrogen and oxygen atoms in total. The van der Waals surface area contributed by atoms with Crippen LogP contribution in [0, 0.1) is 12.7 Å². The van der Waals surface area contributed by atoms with Gasteiger partial charge in [-0.15, -0.1) is 0 Å². The van der Waals surface area contributed by atoms with Gasteiger partial charge in [0, 0.05) is 10.9 Å². The molecule has 124 valence electrons. The van der Waals surface area contributed by atoms with Crippen LogP contribution in [0.1, 0.15) is 12.5 Å². The number of hydrogen-bond donors (Lipinski definition) is 1. The molecule has 3 rings (SSSR count). The van der Waals surface area contributed by atoms with Gasteiger partial charge in [0.1, 0.15) is 5.82 Å². The third-order valence-electron chi connectivity index (χ3n) is 3.57. The quantitative estimate of drug-likeness (QED) is 0.861. The van der Waals surface area contributed by atoms with E-state index in [0.717, 1.165) is 5.56 Å². The minimum Gasteiger partial charge on any atom is -0.307 e. The van der Waals surface area contributed by atoms with E-state index in [0.29, 0.717) is 28.3 Å². The van der Waals surface area contributed by atoms with Gasteiger partial charge in [0.25, 0.3) is 0 Å². The van der Waals surface area contributed by atoms with Crippen molar-refractivity contribution in [2.45, 2.75) is 19.1 Å². The minimum atomic E-state index is -0.341. The van der Waals surface area contributed by atoms with Crippen molar-refractivity contribution in [2.24, 2.45) is 4.99 Å². The van der Waals surface area contributed by atoms with Crippen LogP contribution in [-0.2, 0) is 0 Å². The molecule has 0 bridgehead atoms. The van der Waals surface area contributed by atoms with Crippen molar-refractivity contribution in [3.8, 4) is 0 Å². The minimum absolute atomic E-state index is 0.314. The molecule has 0 spiro atoms. The monoisotopic (exact) mass is 343 g/mol. The molecule has 0 aliphatic carbocycles. The number of benzene rings is 2. The Kier molecular flexibility index (Phi) is 4.85. The van der Waals surface area contributed by atoms with Gasteiger partial charge in [-0.1, -0.05) is 36.4 Å². The van der Waals surface area contributed by atoms with E-state index in [2.05, 4.69) is 17.2 Å². The van der Waals surface area contributed by atoms with Gasteiger partial charge in [-0.05, 0) is 43.3 Å². The van der Waals surface area contributed by atoms with E-state index >= 15 is 0 Å². The molecule has 0 aromatic heterocycles. The third-order valence-corrected chi connectivity index (χ3v) is 4.65. The van der Waals surface area contributed by atoms with Gasteiger partial charge >= 0.3 is 6.03 Å². The molecule has 0 fully saturated rings. The van der Waals surface area contributed by atoms with Gasteiger partial charge in [-0.2, -0.15) is 0 Å². The summed E-state index contributed by atoms with van der Waals surface area (Å²) in [7, 11) is 0. The smallest absolute Gasteiger partial charge is 0.307 e. The summed E-state index contributed by atoms with van der Waals surface area (Å²) >= 11 is 1.54. The molecular weight excluding hydrogens is 325 g/mol. The van der Waals surface area contributed by atoms with Gasteiger partial charge in [-0.3, -0.25) is 4.99 Å². The van der Waals surface area contributed by atoms with Crippen LogP contribution in [0.4, 0.5) is 20.6 Å². The fraction of sp³-hybridized carbons (Fsp3) is 0.222. The molecule has 24 heavy (non-hydrogen) atoms. The Morgan fingerprint density at radius 1 is 1.21 bits per heavy atom. The lowest BCUT2D eigenvalue weighted by Gasteiger charge is -2.23. The van der Waals surface area contributed by atoms with E-state index in [4.69, 9.17) is 0 Å². The highest BCUT2D eigenvalue weighted by Gasteiger charge is 2.27. The first-order valence-corrected chi connectivity index (χ1v) is 8.55. The second kappa shape index (κ2) is 7.05. The molecule has 1 N–H and O–H groups in total. The van der Waals surface area contributed by atoms with Crippen molar-refractivity contribution in [3.63, 3.8) is 0 Å². The summed E-state index contributed by atoms with van der Waals surface area (Å²) in [5.41, 5.74) is 2.41. The van der Waals surface area contributed by atoms with Crippen LogP contribution in [0.2, 0.25) is 0 Å². The number of aryl methyl sites for hydroxylation is 1. The number of thioether (sulfide) groups is 1. The highest BCUT2D eigenvalue weighted by Crippen LogP contribution is 2.28. The second-order valence-electron chi connectivity index (χ2n) is 5.66. The molecule has 0 saturated carbocycles. The standard InChI is InChI=1S/C18H18FN3OS/c1-12-3-7-15(8-4-12)21-17(23)22(18-20-11-13(2)24-18)16-9-5-14(19)6-10-16/h3-10,13H,11H2,1-2H3,(H,21,23). The van der Waals surface area contributed by atoms with Crippen molar-refractivity contribution in [1.82, 2.24) is 0 Å². The predicted octanol–water partition coefficient (Wildman–Crippen LogP) is 4.66. The number of nitrogens with zero attached hydrogens (tertiary/aromatic N) is 2. The van der Waals surface area contributed by atoms with Gasteiger partial charge in [0.2, 0.25) is 0 Å². The second-order valence-corrected chi connectivity index (χ2v) is 7.07. The Labute approximate surface area is 144 Å². The zero-order valence-electron chi connectivity index (χ0n) is 13.5. The van der Waals surface area contributed by atoms with Crippen LogP contribution in [0.25, 0.3) is 0 Å². The zero-order valence-corrected chi connectivity index (χ0v) is 14.3. The first-order valence-electron chi connectivity index (χ1n) is 7.67. The number of rotatable bonds is 2. The van der Waals surface area contributed by atoms with Gasteiger partial charge < -0.3 is 5.32 Å². The van der Waals surface area contributed by atoms with Crippen molar-refractivity contribution in [1.29, 1.82) is 0 Å². The number of nitrogens with one attached hydrogen (secondary N) is 1. The summed E-state index contributed by atoms with van der Waals surface area (Å²) in [5.74, 6) is -0.341. The maximum Gasteiger partial charge on any atom is 0.332 e. The Morgan fingerprint density at radius 3 is 2.46 bits per heavy atom. The zero-order chi connectivity index (χ0) is 17.1. The molecule has 1 heterocycles. The van der Waals surface area contributed by atoms with Crippen molar-refractivity contribution in [3.05, 3.63) is 59.9 Å². The summed E-state index contributed by atoms with van der Waals surface area (Å²) in [6.45, 7) is 4.71. The highest BCUT2D eigenvalue weighted by molar-refractivity contribution is 8.15. The van der Waals surface area contributed by atoms with Crippen molar-refractivity contribution in [2.75, 3.05) is 16.8 Å². The molecular formula is C18H18FN3OS. The molecule has 1 unspecified atom stereocenters. The number of amides is 2. The first kappa shape index (κ1) is 16.5. The molecule has 1 aliphatic rings. The topological polar surface area (TPSA) is 44.7 Å². The van der Waals surface area contributed by atoms with Gasteiger partial charge in [-0.25, -0.2) is 14.1 Å². The van der Waals surface area contributed by atoms with Crippen molar-refractivity contribution >= 4 is 34.3 Å².